The average Bonchev–Trinajstić information content (AvgIpc) is 3.33. The molecule has 0 saturated carbocycles. The first-order chi connectivity index (χ1) is 17.7. The summed E-state index contributed by atoms with van der Waals surface area (Å²) in [6.45, 7) is 8.13. The van der Waals surface area contributed by atoms with Crippen LogP contribution in [0.4, 0.5) is 13.2 Å². The lowest BCUT2D eigenvalue weighted by atomic mass is 9.89. The van der Waals surface area contributed by atoms with E-state index in [1.165, 1.54) is 5.56 Å². The van der Waals surface area contributed by atoms with E-state index in [0.717, 1.165) is 62.5 Å². The molecule has 2 fully saturated rings. The minimum Gasteiger partial charge on any atom is -0.475 e. The number of rotatable bonds is 4. The minimum atomic E-state index is -4.58. The molecule has 200 valence electrons. The van der Waals surface area contributed by atoms with Crippen LogP contribution in [0.15, 0.2) is 29.4 Å². The molecule has 1 amide bonds. The standard InChI is InChI=1S/C25H32F3N7O2/c1-17(36)32-13-15-33(16-14-32)18(2)37-21-5-3-19(4-6-21)20-9-11-34(12-10-20)23-8-7-22-29-30-24(25(26,27)28)35(22)31-23/h3-6,18,20H,7-16H2,1-2H3. The molecule has 1 aromatic heterocycles. The largest absolute Gasteiger partial charge is 0.475 e. The summed E-state index contributed by atoms with van der Waals surface area (Å²) >= 11 is 0. The fourth-order valence-corrected chi connectivity index (χ4v) is 5.32. The summed E-state index contributed by atoms with van der Waals surface area (Å²) in [7, 11) is 0. The molecule has 3 aliphatic heterocycles. The number of amides is 1. The maximum absolute atomic E-state index is 13.2. The van der Waals surface area contributed by atoms with E-state index < -0.39 is 12.0 Å². The van der Waals surface area contributed by atoms with Gasteiger partial charge in [0, 0.05) is 59.0 Å². The van der Waals surface area contributed by atoms with Crippen molar-refractivity contribution in [2.45, 2.75) is 57.9 Å². The highest BCUT2D eigenvalue weighted by Gasteiger charge is 2.40. The van der Waals surface area contributed by atoms with Crippen molar-refractivity contribution in [3.8, 4) is 5.75 Å². The van der Waals surface area contributed by atoms with E-state index in [9.17, 15) is 18.0 Å². The Kier molecular flexibility index (Phi) is 7.11. The normalized spacial score (nSPS) is 20.4. The third kappa shape index (κ3) is 5.58. The number of halogens is 3. The molecule has 1 aromatic carbocycles. The Morgan fingerprint density at radius 2 is 1.68 bits per heavy atom. The zero-order chi connectivity index (χ0) is 26.2. The molecular formula is C25H32F3N7O2. The molecule has 1 atom stereocenters. The Hall–Kier alpha value is -3.15. The van der Waals surface area contributed by atoms with Gasteiger partial charge in [0.25, 0.3) is 5.82 Å². The van der Waals surface area contributed by atoms with E-state index >= 15 is 0 Å². The van der Waals surface area contributed by atoms with Gasteiger partial charge in [0.2, 0.25) is 5.91 Å². The number of nitrogens with zero attached hydrogens (tertiary/aromatic N) is 7. The number of piperazine rings is 1. The molecule has 2 saturated heterocycles. The lowest BCUT2D eigenvalue weighted by Crippen LogP contribution is -2.52. The summed E-state index contributed by atoms with van der Waals surface area (Å²) < 4.78 is 46.7. The number of benzene rings is 1. The van der Waals surface area contributed by atoms with Crippen LogP contribution < -0.4 is 4.74 Å². The third-order valence-electron chi connectivity index (χ3n) is 7.54. The van der Waals surface area contributed by atoms with Gasteiger partial charge in [0.1, 0.15) is 17.8 Å². The first-order valence-corrected chi connectivity index (χ1v) is 12.8. The highest BCUT2D eigenvalue weighted by Crippen LogP contribution is 2.32. The van der Waals surface area contributed by atoms with Gasteiger partial charge in [-0.15, -0.1) is 10.2 Å². The first-order valence-electron chi connectivity index (χ1n) is 12.8. The monoisotopic (exact) mass is 519 g/mol. The number of ether oxygens (including phenoxy) is 1. The number of likely N-dealkylation sites (tertiary alicyclic amines) is 1. The van der Waals surface area contributed by atoms with Crippen molar-refractivity contribution >= 4 is 11.7 Å². The predicted molar refractivity (Wildman–Crippen MR) is 130 cm³/mol. The van der Waals surface area contributed by atoms with Crippen LogP contribution in [0.2, 0.25) is 0 Å². The number of amidine groups is 1. The van der Waals surface area contributed by atoms with Crippen LogP contribution in [0.3, 0.4) is 0 Å². The SMILES string of the molecule is CC(=O)N1CCN(C(C)Oc2ccc(C3CCN(C4=Nn5c(nnc5C(F)(F)F)CC4)CC3)cc2)CC1. The molecule has 0 bridgehead atoms. The number of carbonyl (C=O) groups excluding carboxylic acids is 1. The molecule has 0 N–H and O–H groups in total. The Morgan fingerprint density at radius 3 is 2.30 bits per heavy atom. The quantitative estimate of drug-likeness (QED) is 0.618. The molecule has 2 aromatic rings. The summed E-state index contributed by atoms with van der Waals surface area (Å²) in [4.78, 5) is 17.7. The van der Waals surface area contributed by atoms with Gasteiger partial charge in [-0.1, -0.05) is 12.1 Å². The van der Waals surface area contributed by atoms with Gasteiger partial charge in [-0.3, -0.25) is 9.69 Å². The Morgan fingerprint density at radius 1 is 1.00 bits per heavy atom. The van der Waals surface area contributed by atoms with Crippen LogP contribution in [0.1, 0.15) is 56.2 Å². The molecule has 5 rings (SSSR count). The zero-order valence-corrected chi connectivity index (χ0v) is 21.1. The molecule has 4 heterocycles. The van der Waals surface area contributed by atoms with Crippen molar-refractivity contribution in [1.82, 2.24) is 29.6 Å². The maximum Gasteiger partial charge on any atom is 0.453 e. The minimum absolute atomic E-state index is 0.0801. The predicted octanol–water partition coefficient (Wildman–Crippen LogP) is 3.17. The van der Waals surface area contributed by atoms with Gasteiger partial charge < -0.3 is 14.5 Å². The molecule has 0 radical (unpaired) electrons. The van der Waals surface area contributed by atoms with Crippen molar-refractivity contribution in [2.75, 3.05) is 39.3 Å². The topological polar surface area (TPSA) is 79.1 Å². The van der Waals surface area contributed by atoms with Crippen molar-refractivity contribution < 1.29 is 22.7 Å². The van der Waals surface area contributed by atoms with Crippen molar-refractivity contribution in [1.29, 1.82) is 0 Å². The Labute approximate surface area is 213 Å². The zero-order valence-electron chi connectivity index (χ0n) is 21.1. The summed E-state index contributed by atoms with van der Waals surface area (Å²) in [6, 6.07) is 8.21. The lowest BCUT2D eigenvalue weighted by molar-refractivity contribution is -0.147. The van der Waals surface area contributed by atoms with Gasteiger partial charge in [0.15, 0.2) is 5.82 Å². The molecule has 0 aliphatic carbocycles. The number of fused-ring (bicyclic) bond motifs is 1. The molecule has 37 heavy (non-hydrogen) atoms. The second-order valence-corrected chi connectivity index (χ2v) is 9.86. The molecule has 9 nitrogen and oxygen atoms in total. The van der Waals surface area contributed by atoms with Gasteiger partial charge in [-0.05, 0) is 43.4 Å². The van der Waals surface area contributed by atoms with Crippen LogP contribution in [0, 0.1) is 0 Å². The van der Waals surface area contributed by atoms with Gasteiger partial charge in [-0.2, -0.15) is 22.9 Å². The second-order valence-electron chi connectivity index (χ2n) is 9.86. The fraction of sp³-hybridized carbons (Fsp3) is 0.600. The highest BCUT2D eigenvalue weighted by molar-refractivity contribution is 5.83. The van der Waals surface area contributed by atoms with Crippen molar-refractivity contribution in [2.24, 2.45) is 5.10 Å². The van der Waals surface area contributed by atoms with Crippen molar-refractivity contribution in [3.05, 3.63) is 41.5 Å². The first kappa shape index (κ1) is 25.5. The van der Waals surface area contributed by atoms with E-state index in [1.807, 2.05) is 24.0 Å². The number of hydrogen-bond donors (Lipinski definition) is 0. The third-order valence-corrected chi connectivity index (χ3v) is 7.54. The van der Waals surface area contributed by atoms with E-state index in [-0.39, 0.29) is 18.0 Å². The van der Waals surface area contributed by atoms with Crippen LogP contribution in [0.5, 0.6) is 5.75 Å². The molecule has 12 heteroatoms. The molecule has 0 spiro atoms. The summed E-state index contributed by atoms with van der Waals surface area (Å²) in [5, 5.41) is 11.2. The van der Waals surface area contributed by atoms with E-state index in [2.05, 4.69) is 37.2 Å². The Bertz CT molecular complexity index is 1130. The fourth-order valence-electron chi connectivity index (χ4n) is 5.32. The van der Waals surface area contributed by atoms with E-state index in [1.54, 1.807) is 6.92 Å². The molecular weight excluding hydrogens is 487 g/mol. The average molecular weight is 520 g/mol. The van der Waals surface area contributed by atoms with Crippen molar-refractivity contribution in [3.63, 3.8) is 0 Å². The number of aromatic nitrogens is 3. The molecule has 1 unspecified atom stereocenters. The van der Waals surface area contributed by atoms with Gasteiger partial charge in [0.05, 0.1) is 0 Å². The number of alkyl halides is 3. The number of carbonyl (C=O) groups is 1. The summed E-state index contributed by atoms with van der Waals surface area (Å²) in [5.74, 6) is 1.15. The van der Waals surface area contributed by atoms with Crippen LogP contribution in [-0.2, 0) is 17.4 Å². The van der Waals surface area contributed by atoms with Crippen LogP contribution in [-0.4, -0.2) is 86.8 Å². The van der Waals surface area contributed by atoms with E-state index in [4.69, 9.17) is 4.74 Å². The summed E-state index contributed by atoms with van der Waals surface area (Å²) in [6.07, 6.45) is -1.90. The summed E-state index contributed by atoms with van der Waals surface area (Å²) in [5.41, 5.74) is 1.24. The number of piperidine rings is 1. The van der Waals surface area contributed by atoms with E-state index in [0.29, 0.717) is 24.6 Å². The van der Waals surface area contributed by atoms with Gasteiger partial charge in [-0.25, -0.2) is 0 Å². The lowest BCUT2D eigenvalue weighted by Gasteiger charge is -2.37. The van der Waals surface area contributed by atoms with Gasteiger partial charge >= 0.3 is 6.18 Å². The van der Waals surface area contributed by atoms with Crippen LogP contribution >= 0.6 is 0 Å². The second kappa shape index (κ2) is 10.3. The number of aryl methyl sites for hydroxylation is 1. The molecule has 3 aliphatic rings. The highest BCUT2D eigenvalue weighted by atomic mass is 19.4. The smallest absolute Gasteiger partial charge is 0.453 e. The number of hydrogen-bond acceptors (Lipinski definition) is 7. The Balaban J connectivity index is 1.14. The van der Waals surface area contributed by atoms with Crippen LogP contribution in [0.25, 0.3) is 0 Å². The maximum atomic E-state index is 13.2.